The first-order valence-electron chi connectivity index (χ1n) is 5.60. The van der Waals surface area contributed by atoms with Gasteiger partial charge in [-0.25, -0.2) is 0 Å². The van der Waals surface area contributed by atoms with Gasteiger partial charge in [0.05, 0.1) is 27.8 Å². The summed E-state index contributed by atoms with van der Waals surface area (Å²) in [6, 6.07) is 6.41. The highest BCUT2D eigenvalue weighted by atomic mass is 127. The van der Waals surface area contributed by atoms with E-state index in [2.05, 4.69) is 27.6 Å². The fourth-order valence-electron chi connectivity index (χ4n) is 2.12. The number of hydrogen-bond acceptors (Lipinski definition) is 2. The first-order chi connectivity index (χ1) is 9.36. The number of benzene rings is 1. The second kappa shape index (κ2) is 4.80. The summed E-state index contributed by atoms with van der Waals surface area (Å²) < 4.78 is 51.1. The molecule has 0 saturated carbocycles. The van der Waals surface area contributed by atoms with Crippen LogP contribution < -0.4 is 0 Å². The molecular formula is C13H7F3INOS. The molecular weight excluding hydrogens is 402 g/mol. The summed E-state index contributed by atoms with van der Waals surface area (Å²) in [5.41, 5.74) is 0.728. The molecule has 2 aromatic rings. The lowest BCUT2D eigenvalue weighted by Gasteiger charge is -2.19. The Bertz CT molecular complexity index is 730. The van der Waals surface area contributed by atoms with Gasteiger partial charge in [-0.2, -0.15) is 13.2 Å². The molecule has 20 heavy (non-hydrogen) atoms. The predicted octanol–water partition coefficient (Wildman–Crippen LogP) is 3.99. The van der Waals surface area contributed by atoms with Gasteiger partial charge in [-0.1, -0.05) is 0 Å². The highest BCUT2D eigenvalue weighted by molar-refractivity contribution is 14.1. The fourth-order valence-corrected chi connectivity index (χ4v) is 3.89. The zero-order chi connectivity index (χ0) is 14.5. The Labute approximate surface area is 129 Å². The van der Waals surface area contributed by atoms with E-state index in [9.17, 15) is 17.4 Å². The second-order valence-electron chi connectivity index (χ2n) is 4.36. The standard InChI is InChI=1S/C13H7F3INOS/c14-13(15,16)8-3-7-6-20(19)11-2-1-9(17)4-10(11)12(7)18-5-8/h1-5H,6H2. The van der Waals surface area contributed by atoms with Crippen LogP contribution in [0.4, 0.5) is 13.2 Å². The van der Waals surface area contributed by atoms with Crippen LogP contribution in [-0.4, -0.2) is 9.19 Å². The fraction of sp³-hybridized carbons (Fsp3) is 0.154. The molecule has 1 aliphatic heterocycles. The Kier molecular flexibility index (Phi) is 3.36. The Morgan fingerprint density at radius 1 is 1.25 bits per heavy atom. The number of alkyl halides is 3. The van der Waals surface area contributed by atoms with Crippen LogP contribution in [0.5, 0.6) is 0 Å². The number of nitrogens with zero attached hydrogens (tertiary/aromatic N) is 1. The third kappa shape index (κ3) is 2.37. The lowest BCUT2D eigenvalue weighted by Crippen LogP contribution is -2.12. The normalized spacial score (nSPS) is 17.5. The van der Waals surface area contributed by atoms with E-state index in [0.29, 0.717) is 21.7 Å². The van der Waals surface area contributed by atoms with Crippen molar-refractivity contribution in [2.75, 3.05) is 0 Å². The Balaban J connectivity index is 2.22. The molecule has 1 aromatic carbocycles. The van der Waals surface area contributed by atoms with E-state index in [-0.39, 0.29) is 5.75 Å². The van der Waals surface area contributed by atoms with Gasteiger partial charge < -0.3 is 0 Å². The average Bonchev–Trinajstić information content (AvgIpc) is 2.37. The summed E-state index contributed by atoms with van der Waals surface area (Å²) in [6.45, 7) is 0. The third-order valence-corrected chi connectivity index (χ3v) is 5.11. The van der Waals surface area contributed by atoms with Gasteiger partial charge in [0.15, 0.2) is 0 Å². The molecule has 7 heteroatoms. The summed E-state index contributed by atoms with van der Waals surface area (Å²) >= 11 is 2.10. The number of halogens is 4. The lowest BCUT2D eigenvalue weighted by atomic mass is 10.0. The Morgan fingerprint density at radius 3 is 2.70 bits per heavy atom. The van der Waals surface area contributed by atoms with Crippen molar-refractivity contribution in [3.8, 4) is 11.3 Å². The molecule has 0 spiro atoms. The van der Waals surface area contributed by atoms with Crippen molar-refractivity contribution in [3.05, 3.63) is 45.2 Å². The molecule has 3 rings (SSSR count). The summed E-state index contributed by atoms with van der Waals surface area (Å²) in [6.07, 6.45) is -3.61. The zero-order valence-electron chi connectivity index (χ0n) is 9.87. The molecule has 0 saturated heterocycles. The van der Waals surface area contributed by atoms with Gasteiger partial charge in [0.25, 0.3) is 0 Å². The summed E-state index contributed by atoms with van der Waals surface area (Å²) in [5, 5.41) is 0. The highest BCUT2D eigenvalue weighted by Gasteiger charge is 2.33. The van der Waals surface area contributed by atoms with Gasteiger partial charge >= 0.3 is 6.18 Å². The highest BCUT2D eigenvalue weighted by Crippen LogP contribution is 2.38. The van der Waals surface area contributed by atoms with E-state index >= 15 is 0 Å². The van der Waals surface area contributed by atoms with E-state index in [1.807, 2.05) is 6.07 Å². The van der Waals surface area contributed by atoms with Crippen LogP contribution in [0.15, 0.2) is 35.4 Å². The maximum absolute atomic E-state index is 12.7. The van der Waals surface area contributed by atoms with Gasteiger partial charge in [-0.3, -0.25) is 9.19 Å². The van der Waals surface area contributed by atoms with E-state index in [1.165, 1.54) is 0 Å². The van der Waals surface area contributed by atoms with Crippen LogP contribution in [0.25, 0.3) is 11.3 Å². The van der Waals surface area contributed by atoms with E-state index in [4.69, 9.17) is 0 Å². The summed E-state index contributed by atoms with van der Waals surface area (Å²) in [5.74, 6) is 0.0693. The van der Waals surface area contributed by atoms with Gasteiger partial charge in [0.1, 0.15) is 0 Å². The number of aromatic nitrogens is 1. The molecule has 0 bridgehead atoms. The minimum absolute atomic E-state index is 0.0693. The molecule has 0 fully saturated rings. The van der Waals surface area contributed by atoms with E-state index in [0.717, 1.165) is 15.8 Å². The number of pyridine rings is 1. The maximum atomic E-state index is 12.7. The molecule has 0 radical (unpaired) electrons. The van der Waals surface area contributed by atoms with Crippen LogP contribution in [0, 0.1) is 3.57 Å². The number of fused-ring (bicyclic) bond motifs is 3. The molecule has 1 unspecified atom stereocenters. The van der Waals surface area contributed by atoms with Crippen molar-refractivity contribution in [1.29, 1.82) is 0 Å². The van der Waals surface area contributed by atoms with Gasteiger partial charge in [-0.05, 0) is 52.4 Å². The average molecular weight is 409 g/mol. The monoisotopic (exact) mass is 409 g/mol. The first-order valence-corrected chi connectivity index (χ1v) is 8.00. The van der Waals surface area contributed by atoms with Crippen molar-refractivity contribution >= 4 is 33.4 Å². The van der Waals surface area contributed by atoms with Crippen LogP contribution in [-0.2, 0) is 22.7 Å². The number of rotatable bonds is 0. The quantitative estimate of drug-likeness (QED) is 0.616. The predicted molar refractivity (Wildman–Crippen MR) is 77.5 cm³/mol. The minimum Gasteiger partial charge on any atom is -0.255 e. The van der Waals surface area contributed by atoms with Gasteiger partial charge in [0.2, 0.25) is 0 Å². The minimum atomic E-state index is -4.44. The van der Waals surface area contributed by atoms with Crippen molar-refractivity contribution in [2.45, 2.75) is 16.8 Å². The Morgan fingerprint density at radius 2 is 2.00 bits per heavy atom. The molecule has 104 valence electrons. The van der Waals surface area contributed by atoms with Crippen LogP contribution in [0.3, 0.4) is 0 Å². The second-order valence-corrected chi connectivity index (χ2v) is 7.03. The Hall–Kier alpha value is -0.960. The van der Waals surface area contributed by atoms with Crippen molar-refractivity contribution in [3.63, 3.8) is 0 Å². The zero-order valence-corrected chi connectivity index (χ0v) is 12.8. The van der Waals surface area contributed by atoms with Crippen LogP contribution in [0.1, 0.15) is 11.1 Å². The third-order valence-electron chi connectivity index (χ3n) is 3.02. The largest absolute Gasteiger partial charge is 0.417 e. The van der Waals surface area contributed by atoms with E-state index < -0.39 is 22.5 Å². The summed E-state index contributed by atoms with van der Waals surface area (Å²) in [4.78, 5) is 4.57. The van der Waals surface area contributed by atoms with Crippen molar-refractivity contribution < 1.29 is 17.4 Å². The molecule has 0 N–H and O–H groups in total. The smallest absolute Gasteiger partial charge is 0.255 e. The van der Waals surface area contributed by atoms with Gasteiger partial charge in [-0.15, -0.1) is 0 Å². The molecule has 1 aromatic heterocycles. The topological polar surface area (TPSA) is 30.0 Å². The van der Waals surface area contributed by atoms with Crippen molar-refractivity contribution in [2.24, 2.45) is 0 Å². The first kappa shape index (κ1) is 14.0. The van der Waals surface area contributed by atoms with Crippen molar-refractivity contribution in [1.82, 2.24) is 4.98 Å². The SMILES string of the molecule is O=S1Cc2cc(C(F)(F)F)cnc2-c2cc(I)ccc21. The maximum Gasteiger partial charge on any atom is 0.417 e. The number of hydrogen-bond donors (Lipinski definition) is 0. The molecule has 1 atom stereocenters. The van der Waals surface area contributed by atoms with E-state index in [1.54, 1.807) is 12.1 Å². The summed E-state index contributed by atoms with van der Waals surface area (Å²) in [7, 11) is -1.33. The molecule has 0 aliphatic carbocycles. The molecule has 2 heterocycles. The van der Waals surface area contributed by atoms with Crippen LogP contribution in [0.2, 0.25) is 0 Å². The lowest BCUT2D eigenvalue weighted by molar-refractivity contribution is -0.137. The molecule has 1 aliphatic rings. The van der Waals surface area contributed by atoms with Gasteiger partial charge in [0, 0.05) is 20.2 Å². The molecule has 0 amide bonds. The molecule has 2 nitrogen and oxygen atoms in total. The van der Waals surface area contributed by atoms with Crippen LogP contribution >= 0.6 is 22.6 Å².